The highest BCUT2D eigenvalue weighted by Gasteiger charge is 2.32. The molecule has 0 amide bonds. The Morgan fingerprint density at radius 1 is 0.468 bits per heavy atom. The van der Waals surface area contributed by atoms with Gasteiger partial charge < -0.3 is 5.11 Å². The second kappa shape index (κ2) is 16.8. The number of aromatic nitrogens is 2. The maximum absolute atomic E-state index is 12.5. The molecule has 1 N–H and O–H groups in total. The molecule has 0 saturated carbocycles. The van der Waals surface area contributed by atoms with Crippen LogP contribution in [0.1, 0.15) is 130 Å². The van der Waals surface area contributed by atoms with Gasteiger partial charge >= 0.3 is 0 Å². The average Bonchev–Trinajstić information content (AvgIpc) is 3.23. The quantitative estimate of drug-likeness (QED) is 0.155. The Morgan fingerprint density at radius 3 is 1.48 bits per heavy atom. The number of aromatic hydroxyl groups is 1. The molecule has 318 valence electrons. The lowest BCUT2D eigenvalue weighted by Gasteiger charge is -2.27. The van der Waals surface area contributed by atoms with Crippen molar-refractivity contribution in [1.82, 2.24) is 4.98 Å². The monoisotopic (exact) mass is 820 g/mol. The smallest absolute Gasteiger partial charge is 0.217 e. The first-order valence-electron chi connectivity index (χ1n) is 22.5. The van der Waals surface area contributed by atoms with Crippen LogP contribution in [-0.2, 0) is 23.3 Å². The lowest BCUT2D eigenvalue weighted by Crippen LogP contribution is -2.35. The highest BCUT2D eigenvalue weighted by Crippen LogP contribution is 2.45. The van der Waals surface area contributed by atoms with Gasteiger partial charge in [0.15, 0.2) is 0 Å². The van der Waals surface area contributed by atoms with E-state index in [1.54, 1.807) is 0 Å². The van der Waals surface area contributed by atoms with Gasteiger partial charge in [-0.05, 0) is 114 Å². The molecule has 3 heteroatoms. The molecule has 0 aliphatic heterocycles. The molecule has 0 spiro atoms. The Hall–Kier alpha value is -5.80. The van der Waals surface area contributed by atoms with E-state index in [2.05, 4.69) is 229 Å². The Labute approximate surface area is 372 Å². The van der Waals surface area contributed by atoms with Crippen LogP contribution >= 0.6 is 0 Å². The number of phenols is 1. The lowest BCUT2D eigenvalue weighted by atomic mass is 9.78. The minimum atomic E-state index is -0.279. The first-order valence-corrected chi connectivity index (χ1v) is 22.5. The fraction of sp³-hybridized carbons (Fsp3) is 0.322. The van der Waals surface area contributed by atoms with E-state index in [1.165, 1.54) is 44.5 Å². The van der Waals surface area contributed by atoms with E-state index in [1.807, 2.05) is 6.20 Å². The number of pyridine rings is 2. The number of nitrogens with zero attached hydrogens (tertiary/aromatic N) is 2. The Bertz CT molecular complexity index is 2710. The molecule has 5 aromatic carbocycles. The number of benzene rings is 5. The number of rotatable bonds is 8. The summed E-state index contributed by atoms with van der Waals surface area (Å²) in [6.45, 7) is 29.5. The largest absolute Gasteiger partial charge is 0.507 e. The summed E-state index contributed by atoms with van der Waals surface area (Å²) in [6, 6.07) is 46.6. The van der Waals surface area contributed by atoms with Crippen molar-refractivity contribution in [2.24, 2.45) is 7.05 Å². The van der Waals surface area contributed by atoms with Gasteiger partial charge in [-0.2, -0.15) is 4.57 Å². The van der Waals surface area contributed by atoms with Gasteiger partial charge in [0.05, 0.1) is 16.8 Å². The van der Waals surface area contributed by atoms with Crippen LogP contribution < -0.4 is 4.57 Å². The summed E-state index contributed by atoms with van der Waals surface area (Å²) in [5, 5.41) is 12.5. The van der Waals surface area contributed by atoms with E-state index in [0.29, 0.717) is 5.75 Å². The number of hydrogen-bond acceptors (Lipinski definition) is 2. The zero-order chi connectivity index (χ0) is 44.9. The van der Waals surface area contributed by atoms with Crippen LogP contribution in [0.15, 0.2) is 134 Å². The molecule has 2 heterocycles. The van der Waals surface area contributed by atoms with E-state index < -0.39 is 0 Å². The van der Waals surface area contributed by atoms with E-state index >= 15 is 0 Å². The molecule has 7 aromatic rings. The summed E-state index contributed by atoms with van der Waals surface area (Å²) in [5.74, 6) is 0.840. The third-order valence-corrected chi connectivity index (χ3v) is 12.5. The summed E-state index contributed by atoms with van der Waals surface area (Å²) in [6.07, 6.45) is 1.93. The summed E-state index contributed by atoms with van der Waals surface area (Å²) in [7, 11) is 2.18. The van der Waals surface area contributed by atoms with Crippen molar-refractivity contribution in [2.45, 2.75) is 118 Å². The van der Waals surface area contributed by atoms with Crippen LogP contribution in [0.4, 0.5) is 0 Å². The maximum atomic E-state index is 12.5. The van der Waals surface area contributed by atoms with Crippen LogP contribution in [0.3, 0.4) is 0 Å². The van der Waals surface area contributed by atoms with Gasteiger partial charge in [-0.15, -0.1) is 0 Å². The van der Waals surface area contributed by atoms with E-state index in [-0.39, 0.29) is 28.1 Å². The third kappa shape index (κ3) is 9.05. The highest BCUT2D eigenvalue weighted by molar-refractivity contribution is 5.83. The molecular formula is C59H67N2O+. The van der Waals surface area contributed by atoms with Crippen LogP contribution in [0.25, 0.3) is 67.2 Å². The summed E-state index contributed by atoms with van der Waals surface area (Å²) in [4.78, 5) is 4.97. The van der Waals surface area contributed by atoms with E-state index in [4.69, 9.17) is 4.98 Å². The molecule has 62 heavy (non-hydrogen) atoms. The van der Waals surface area contributed by atoms with Crippen molar-refractivity contribution in [2.75, 3.05) is 0 Å². The molecule has 0 aliphatic carbocycles. The van der Waals surface area contributed by atoms with Gasteiger partial charge in [-0.25, -0.2) is 0 Å². The molecular weight excluding hydrogens is 753 g/mol. The Kier molecular flexibility index (Phi) is 12.0. The first-order chi connectivity index (χ1) is 29.1. The van der Waals surface area contributed by atoms with Crippen molar-refractivity contribution in [1.29, 1.82) is 0 Å². The molecule has 2 aromatic heterocycles. The van der Waals surface area contributed by atoms with Crippen LogP contribution in [-0.4, -0.2) is 10.1 Å². The molecule has 0 unspecified atom stereocenters. The third-order valence-electron chi connectivity index (χ3n) is 12.5. The van der Waals surface area contributed by atoms with Gasteiger partial charge in [0.1, 0.15) is 12.8 Å². The fourth-order valence-electron chi connectivity index (χ4n) is 8.62. The van der Waals surface area contributed by atoms with Crippen molar-refractivity contribution in [3.8, 4) is 72.9 Å². The summed E-state index contributed by atoms with van der Waals surface area (Å²) >= 11 is 0. The second-order valence-electron chi connectivity index (χ2n) is 21.0. The van der Waals surface area contributed by atoms with Gasteiger partial charge in [0.2, 0.25) is 11.4 Å². The zero-order valence-electron chi connectivity index (χ0n) is 39.7. The molecule has 0 bridgehead atoms. The van der Waals surface area contributed by atoms with Gasteiger partial charge in [-0.3, -0.25) is 4.98 Å². The normalized spacial score (nSPS) is 12.4. The van der Waals surface area contributed by atoms with Crippen molar-refractivity contribution >= 4 is 0 Å². The zero-order valence-corrected chi connectivity index (χ0v) is 39.7. The van der Waals surface area contributed by atoms with Gasteiger partial charge in [0, 0.05) is 29.5 Å². The minimum absolute atomic E-state index is 0.128. The fourth-order valence-corrected chi connectivity index (χ4v) is 8.62. The Balaban J connectivity index is 1.60. The molecule has 0 fully saturated rings. The van der Waals surface area contributed by atoms with E-state index in [9.17, 15) is 5.11 Å². The second-order valence-corrected chi connectivity index (χ2v) is 21.0. The molecule has 7 rings (SSSR count). The van der Waals surface area contributed by atoms with Gasteiger partial charge in [0.25, 0.3) is 0 Å². The van der Waals surface area contributed by atoms with Crippen LogP contribution in [0.5, 0.6) is 5.75 Å². The predicted molar refractivity (Wildman–Crippen MR) is 264 cm³/mol. The lowest BCUT2D eigenvalue weighted by molar-refractivity contribution is -0.649. The van der Waals surface area contributed by atoms with E-state index in [0.717, 1.165) is 50.5 Å². The predicted octanol–water partition coefficient (Wildman–Crippen LogP) is 15.8. The van der Waals surface area contributed by atoms with Crippen LogP contribution in [0, 0.1) is 0 Å². The molecule has 0 atom stereocenters. The van der Waals surface area contributed by atoms with Crippen LogP contribution in [0.2, 0.25) is 0 Å². The average molecular weight is 820 g/mol. The molecule has 3 nitrogen and oxygen atoms in total. The SMILES string of the molecule is CC(C)c1cc(-c2ccccc2)cc(C(C)C)c1-c1cc(-c2cc(-c3cc(-c4ccccc4)ccn3)cc(C(C)(C)C)c2)cc(-c2cc(C(C)(C)C)cc(C(C)(C)C)c2O)[n+]1C. The van der Waals surface area contributed by atoms with Crippen molar-refractivity contribution in [3.05, 3.63) is 161 Å². The maximum Gasteiger partial charge on any atom is 0.217 e. The molecule has 0 aliphatic rings. The first kappa shape index (κ1) is 44.3. The number of phenolic OH excluding ortho intramolecular Hbond substituents is 1. The standard InChI is InChI=1S/C59H66N2O/c1-37(2)48-30-43(40-23-19-16-20-24-40)31-49(38(3)4)55(48)54-34-44(33-53(61(54)14)50-35-47(58(8,9)10)36-51(56(50)62)59(11,12)13)42-27-45(29-46(28-42)57(5,6)7)52-32-41(25-26-60-52)39-21-17-15-18-22-39/h15-38H,1-14H3/p+1. The molecule has 0 saturated heterocycles. The van der Waals surface area contributed by atoms with Crippen molar-refractivity contribution in [3.63, 3.8) is 0 Å². The molecule has 0 radical (unpaired) electrons. The summed E-state index contributed by atoms with van der Waals surface area (Å²) < 4.78 is 2.34. The van der Waals surface area contributed by atoms with Crippen molar-refractivity contribution < 1.29 is 9.67 Å². The minimum Gasteiger partial charge on any atom is -0.507 e. The topological polar surface area (TPSA) is 37.0 Å². The summed E-state index contributed by atoms with van der Waals surface area (Å²) in [5.41, 5.74) is 18.6. The number of hydrogen-bond donors (Lipinski definition) is 1. The highest BCUT2D eigenvalue weighted by atomic mass is 16.3. The van der Waals surface area contributed by atoms with Gasteiger partial charge in [-0.1, -0.05) is 175 Å². The Morgan fingerprint density at radius 2 is 0.952 bits per heavy atom.